The average molecular weight is 335 g/mol. The van der Waals surface area contributed by atoms with E-state index in [9.17, 15) is 9.59 Å². The van der Waals surface area contributed by atoms with Crippen molar-refractivity contribution < 1.29 is 9.59 Å². The van der Waals surface area contributed by atoms with Crippen molar-refractivity contribution in [3.63, 3.8) is 0 Å². The van der Waals surface area contributed by atoms with Crippen LogP contribution in [0.3, 0.4) is 0 Å². The van der Waals surface area contributed by atoms with Gasteiger partial charge in [-0.15, -0.1) is 0 Å². The Bertz CT molecular complexity index is 535. The molecule has 3 amide bonds. The predicted molar refractivity (Wildman–Crippen MR) is 92.5 cm³/mol. The SMILES string of the molecule is CCCCCN1C(N2CCCC(C)C2)=NC2C1C(=O)NC(=O)N2C. The van der Waals surface area contributed by atoms with Crippen LogP contribution >= 0.6 is 0 Å². The van der Waals surface area contributed by atoms with Gasteiger partial charge in [-0.05, 0) is 25.2 Å². The van der Waals surface area contributed by atoms with E-state index in [1.54, 1.807) is 11.9 Å². The minimum atomic E-state index is -0.403. The minimum absolute atomic E-state index is 0.219. The zero-order valence-electron chi connectivity index (χ0n) is 15.0. The Morgan fingerprint density at radius 2 is 2.08 bits per heavy atom. The van der Waals surface area contributed by atoms with Crippen molar-refractivity contribution >= 4 is 17.9 Å². The Labute approximate surface area is 144 Å². The minimum Gasteiger partial charge on any atom is -0.342 e. The second-order valence-electron chi connectivity index (χ2n) is 7.29. The van der Waals surface area contributed by atoms with Gasteiger partial charge in [0, 0.05) is 26.7 Å². The summed E-state index contributed by atoms with van der Waals surface area (Å²) in [5, 5.41) is 2.47. The summed E-state index contributed by atoms with van der Waals surface area (Å²) in [5.41, 5.74) is 0. The number of aliphatic imine (C=N–C) groups is 1. The van der Waals surface area contributed by atoms with Crippen molar-refractivity contribution in [2.75, 3.05) is 26.7 Å². The first kappa shape index (κ1) is 17.0. The maximum absolute atomic E-state index is 12.5. The normalized spacial score (nSPS) is 30.4. The fourth-order valence-electron chi connectivity index (χ4n) is 3.92. The number of carbonyl (C=O) groups is 2. The fourth-order valence-corrected chi connectivity index (χ4v) is 3.92. The number of fused-ring (bicyclic) bond motifs is 1. The Kier molecular flexibility index (Phi) is 4.96. The molecule has 0 aromatic heterocycles. The monoisotopic (exact) mass is 335 g/mol. The molecule has 24 heavy (non-hydrogen) atoms. The second-order valence-corrected chi connectivity index (χ2v) is 7.29. The molecule has 0 bridgehead atoms. The molecule has 0 aliphatic carbocycles. The number of likely N-dealkylation sites (N-methyl/N-ethyl adjacent to an activating group) is 1. The van der Waals surface area contributed by atoms with E-state index in [-0.39, 0.29) is 11.9 Å². The van der Waals surface area contributed by atoms with Crippen molar-refractivity contribution in [1.29, 1.82) is 0 Å². The highest BCUT2D eigenvalue weighted by Gasteiger charge is 2.49. The number of nitrogens with zero attached hydrogens (tertiary/aromatic N) is 4. The molecule has 0 saturated carbocycles. The summed E-state index contributed by atoms with van der Waals surface area (Å²) >= 11 is 0. The molecule has 7 nitrogen and oxygen atoms in total. The Hall–Kier alpha value is -1.79. The standard InChI is InChI=1S/C17H29N5O2/c1-4-5-6-10-22-13-14(20(3)17(24)19-15(13)23)18-16(22)21-9-7-8-12(2)11-21/h12-14H,4-11H2,1-3H3,(H,19,23,24). The van der Waals surface area contributed by atoms with Crippen LogP contribution in [-0.4, -0.2) is 71.5 Å². The first-order valence-corrected chi connectivity index (χ1v) is 9.20. The predicted octanol–water partition coefficient (Wildman–Crippen LogP) is 1.46. The molecule has 3 unspecified atom stereocenters. The molecule has 3 aliphatic heterocycles. The molecule has 3 rings (SSSR count). The number of rotatable bonds is 4. The summed E-state index contributed by atoms with van der Waals surface area (Å²) in [6.45, 7) is 7.20. The van der Waals surface area contributed by atoms with Crippen LogP contribution in [0.2, 0.25) is 0 Å². The van der Waals surface area contributed by atoms with E-state index >= 15 is 0 Å². The van der Waals surface area contributed by atoms with Gasteiger partial charge in [0.1, 0.15) is 0 Å². The zero-order chi connectivity index (χ0) is 17.3. The molecule has 7 heteroatoms. The molecule has 1 N–H and O–H groups in total. The highest BCUT2D eigenvalue weighted by molar-refractivity contribution is 6.03. The van der Waals surface area contributed by atoms with Gasteiger partial charge in [0.25, 0.3) is 5.91 Å². The lowest BCUT2D eigenvalue weighted by Gasteiger charge is -2.39. The smallest absolute Gasteiger partial charge is 0.325 e. The Morgan fingerprint density at radius 1 is 1.29 bits per heavy atom. The first-order valence-electron chi connectivity index (χ1n) is 9.20. The summed E-state index contributed by atoms with van der Waals surface area (Å²) in [5.74, 6) is 1.32. The molecule has 0 aromatic carbocycles. The molecule has 3 aliphatic rings. The van der Waals surface area contributed by atoms with Gasteiger partial charge in [0.15, 0.2) is 18.2 Å². The van der Waals surface area contributed by atoms with E-state index in [0.717, 1.165) is 51.3 Å². The lowest BCUT2D eigenvalue weighted by atomic mass is 10.0. The van der Waals surface area contributed by atoms with Crippen LogP contribution in [0.15, 0.2) is 4.99 Å². The lowest BCUT2D eigenvalue weighted by Crippen LogP contribution is -2.64. The molecular formula is C17H29N5O2. The number of nitrogens with one attached hydrogen (secondary N) is 1. The number of amides is 3. The van der Waals surface area contributed by atoms with Gasteiger partial charge in [-0.2, -0.15) is 0 Å². The third kappa shape index (κ3) is 3.08. The highest BCUT2D eigenvalue weighted by Crippen LogP contribution is 2.28. The van der Waals surface area contributed by atoms with Crippen LogP contribution in [-0.2, 0) is 4.79 Å². The van der Waals surface area contributed by atoms with Gasteiger partial charge >= 0.3 is 6.03 Å². The van der Waals surface area contributed by atoms with E-state index in [2.05, 4.69) is 29.0 Å². The van der Waals surface area contributed by atoms with Crippen molar-refractivity contribution in [3.05, 3.63) is 0 Å². The van der Waals surface area contributed by atoms with E-state index in [0.29, 0.717) is 5.92 Å². The molecule has 134 valence electrons. The number of imide groups is 1. The second kappa shape index (κ2) is 6.99. The molecule has 0 radical (unpaired) electrons. The summed E-state index contributed by atoms with van der Waals surface area (Å²) in [6, 6.07) is -0.747. The first-order chi connectivity index (χ1) is 11.5. The molecule has 2 fully saturated rings. The average Bonchev–Trinajstić information content (AvgIpc) is 2.93. The summed E-state index contributed by atoms with van der Waals surface area (Å²) < 4.78 is 0. The maximum Gasteiger partial charge on any atom is 0.325 e. The Balaban J connectivity index is 1.85. The van der Waals surface area contributed by atoms with E-state index in [1.165, 1.54) is 6.42 Å². The molecule has 0 spiro atoms. The number of unbranched alkanes of at least 4 members (excludes halogenated alkanes) is 2. The largest absolute Gasteiger partial charge is 0.342 e. The molecule has 3 atom stereocenters. The summed E-state index contributed by atoms with van der Waals surface area (Å²) in [7, 11) is 1.72. The quantitative estimate of drug-likeness (QED) is 0.790. The molecule has 3 heterocycles. The third-order valence-corrected chi connectivity index (χ3v) is 5.28. The van der Waals surface area contributed by atoms with Crippen molar-refractivity contribution in [2.24, 2.45) is 10.9 Å². The number of urea groups is 1. The number of guanidine groups is 1. The van der Waals surface area contributed by atoms with Crippen LogP contribution in [0.4, 0.5) is 4.79 Å². The Morgan fingerprint density at radius 3 is 2.79 bits per heavy atom. The number of likely N-dealkylation sites (tertiary alicyclic amines) is 1. The van der Waals surface area contributed by atoms with E-state index < -0.39 is 12.2 Å². The van der Waals surface area contributed by atoms with Crippen LogP contribution in [0.25, 0.3) is 0 Å². The molecule has 2 saturated heterocycles. The van der Waals surface area contributed by atoms with Crippen LogP contribution < -0.4 is 5.32 Å². The maximum atomic E-state index is 12.5. The van der Waals surface area contributed by atoms with Crippen molar-refractivity contribution in [2.45, 2.75) is 58.2 Å². The van der Waals surface area contributed by atoms with Gasteiger partial charge in [-0.3, -0.25) is 10.1 Å². The van der Waals surface area contributed by atoms with Gasteiger partial charge in [0.05, 0.1) is 0 Å². The number of hydrogen-bond donors (Lipinski definition) is 1. The molecular weight excluding hydrogens is 306 g/mol. The third-order valence-electron chi connectivity index (χ3n) is 5.28. The summed E-state index contributed by atoms with van der Waals surface area (Å²) in [4.78, 5) is 35.2. The fraction of sp³-hybridized carbons (Fsp3) is 0.824. The highest BCUT2D eigenvalue weighted by atomic mass is 16.2. The summed E-state index contributed by atoms with van der Waals surface area (Å²) in [6.07, 6.45) is 5.30. The van der Waals surface area contributed by atoms with Gasteiger partial charge in [-0.25, -0.2) is 9.79 Å². The van der Waals surface area contributed by atoms with Crippen molar-refractivity contribution in [1.82, 2.24) is 20.0 Å². The van der Waals surface area contributed by atoms with Crippen LogP contribution in [0.5, 0.6) is 0 Å². The molecule has 0 aromatic rings. The van der Waals surface area contributed by atoms with Crippen LogP contribution in [0.1, 0.15) is 46.0 Å². The zero-order valence-corrected chi connectivity index (χ0v) is 15.0. The van der Waals surface area contributed by atoms with Crippen LogP contribution in [0, 0.1) is 5.92 Å². The van der Waals surface area contributed by atoms with E-state index in [4.69, 9.17) is 4.99 Å². The number of piperidine rings is 1. The van der Waals surface area contributed by atoms with Gasteiger partial charge in [0.2, 0.25) is 0 Å². The van der Waals surface area contributed by atoms with Crippen molar-refractivity contribution in [3.8, 4) is 0 Å². The van der Waals surface area contributed by atoms with Gasteiger partial charge in [-0.1, -0.05) is 26.7 Å². The van der Waals surface area contributed by atoms with Gasteiger partial charge < -0.3 is 14.7 Å². The van der Waals surface area contributed by atoms with E-state index in [1.807, 2.05) is 0 Å². The topological polar surface area (TPSA) is 68.2 Å². The lowest BCUT2D eigenvalue weighted by molar-refractivity contribution is -0.127. The number of carbonyl (C=O) groups excluding carboxylic acids is 2. The number of hydrogen-bond acceptors (Lipinski definition) is 5.